The third kappa shape index (κ3) is 3.56. The molecule has 0 aromatic heterocycles. The average Bonchev–Trinajstić information content (AvgIpc) is 2.61. The lowest BCUT2D eigenvalue weighted by Crippen LogP contribution is -2.52. The molecule has 1 fully saturated rings. The number of piperazine rings is 1. The van der Waals surface area contributed by atoms with E-state index in [1.54, 1.807) is 47.4 Å². The van der Waals surface area contributed by atoms with Crippen molar-refractivity contribution >= 4 is 34.9 Å². The molecular weight excluding hydrogens is 340 g/mol. The normalized spacial score (nSPS) is 14.6. The van der Waals surface area contributed by atoms with Gasteiger partial charge >= 0.3 is 0 Å². The van der Waals surface area contributed by atoms with Crippen LogP contribution in [0.3, 0.4) is 0 Å². The van der Waals surface area contributed by atoms with Gasteiger partial charge in [0.05, 0.1) is 5.56 Å². The van der Waals surface area contributed by atoms with Gasteiger partial charge in [0, 0.05) is 29.4 Å². The number of hydrogen-bond donors (Lipinski definition) is 0. The molecule has 1 saturated heterocycles. The highest BCUT2D eigenvalue weighted by Gasteiger charge is 2.29. The number of amides is 2. The van der Waals surface area contributed by atoms with E-state index in [-0.39, 0.29) is 24.1 Å². The minimum atomic E-state index is -0.301. The third-order valence-electron chi connectivity index (χ3n) is 4.16. The fourth-order valence-electron chi connectivity index (χ4n) is 2.91. The standard InChI is InChI=1S/C19H17ClN2O3/c1-13(23)16-7-2-3-8-17(16)19(25)21-9-10-22(18(24)12-21)15-6-4-5-14(20)11-15/h2-8,11H,9-10,12H2,1H3. The Morgan fingerprint density at radius 1 is 1.00 bits per heavy atom. The van der Waals surface area contributed by atoms with E-state index in [2.05, 4.69) is 0 Å². The van der Waals surface area contributed by atoms with Gasteiger partial charge in [0.25, 0.3) is 5.91 Å². The van der Waals surface area contributed by atoms with Crippen molar-refractivity contribution < 1.29 is 14.4 Å². The fraction of sp³-hybridized carbons (Fsp3) is 0.211. The average molecular weight is 357 g/mol. The minimum Gasteiger partial charge on any atom is -0.328 e. The van der Waals surface area contributed by atoms with E-state index in [4.69, 9.17) is 11.6 Å². The molecule has 6 heteroatoms. The van der Waals surface area contributed by atoms with Gasteiger partial charge in [-0.25, -0.2) is 0 Å². The second-order valence-corrected chi connectivity index (χ2v) is 6.29. The summed E-state index contributed by atoms with van der Waals surface area (Å²) in [6.45, 7) is 2.17. The molecule has 0 atom stereocenters. The number of Topliss-reactive ketones (excluding diaryl/α,β-unsaturated/α-hetero) is 1. The maximum Gasteiger partial charge on any atom is 0.255 e. The highest BCUT2D eigenvalue weighted by molar-refractivity contribution is 6.31. The molecule has 0 aliphatic carbocycles. The summed E-state index contributed by atoms with van der Waals surface area (Å²) in [5.74, 6) is -0.653. The zero-order chi connectivity index (χ0) is 18.0. The van der Waals surface area contributed by atoms with E-state index < -0.39 is 0 Å². The number of nitrogens with zero attached hydrogens (tertiary/aromatic N) is 2. The molecule has 1 aliphatic heterocycles. The van der Waals surface area contributed by atoms with Crippen molar-refractivity contribution in [2.75, 3.05) is 24.5 Å². The van der Waals surface area contributed by atoms with Crippen LogP contribution in [-0.2, 0) is 4.79 Å². The van der Waals surface area contributed by atoms with E-state index in [0.29, 0.717) is 34.9 Å². The Morgan fingerprint density at radius 3 is 2.36 bits per heavy atom. The zero-order valence-corrected chi connectivity index (χ0v) is 14.5. The van der Waals surface area contributed by atoms with Crippen molar-refractivity contribution in [2.24, 2.45) is 0 Å². The van der Waals surface area contributed by atoms with Gasteiger partial charge in [-0.1, -0.05) is 35.9 Å². The summed E-state index contributed by atoms with van der Waals surface area (Å²) >= 11 is 5.98. The lowest BCUT2D eigenvalue weighted by molar-refractivity contribution is -0.120. The van der Waals surface area contributed by atoms with Crippen LogP contribution < -0.4 is 4.90 Å². The monoisotopic (exact) mass is 356 g/mol. The Labute approximate surface area is 150 Å². The Kier molecular flexibility index (Phi) is 4.86. The van der Waals surface area contributed by atoms with Gasteiger partial charge in [0.1, 0.15) is 6.54 Å². The lowest BCUT2D eigenvalue weighted by atomic mass is 10.0. The number of hydrogen-bond acceptors (Lipinski definition) is 3. The van der Waals surface area contributed by atoms with Crippen LogP contribution >= 0.6 is 11.6 Å². The van der Waals surface area contributed by atoms with Crippen LogP contribution in [0, 0.1) is 0 Å². The zero-order valence-electron chi connectivity index (χ0n) is 13.7. The number of carbonyl (C=O) groups is 3. The van der Waals surface area contributed by atoms with E-state index in [9.17, 15) is 14.4 Å². The van der Waals surface area contributed by atoms with Crippen LogP contribution in [0.25, 0.3) is 0 Å². The Hall–Kier alpha value is -2.66. The first-order valence-corrected chi connectivity index (χ1v) is 8.30. The molecule has 0 bridgehead atoms. The van der Waals surface area contributed by atoms with Crippen molar-refractivity contribution in [1.82, 2.24) is 4.90 Å². The van der Waals surface area contributed by atoms with Gasteiger partial charge in [-0.15, -0.1) is 0 Å². The summed E-state index contributed by atoms with van der Waals surface area (Å²) in [6, 6.07) is 13.7. The number of halogens is 1. The maximum atomic E-state index is 12.7. The number of ketones is 1. The molecule has 0 N–H and O–H groups in total. The Bertz CT molecular complexity index is 850. The largest absolute Gasteiger partial charge is 0.328 e. The Balaban J connectivity index is 1.78. The van der Waals surface area contributed by atoms with E-state index in [1.807, 2.05) is 6.07 Å². The van der Waals surface area contributed by atoms with Crippen LogP contribution in [0.5, 0.6) is 0 Å². The highest BCUT2D eigenvalue weighted by Crippen LogP contribution is 2.22. The van der Waals surface area contributed by atoms with Crippen LogP contribution in [0.15, 0.2) is 48.5 Å². The topological polar surface area (TPSA) is 57.7 Å². The number of rotatable bonds is 3. The molecule has 2 aromatic rings. The van der Waals surface area contributed by atoms with Crippen LogP contribution in [0.1, 0.15) is 27.6 Å². The van der Waals surface area contributed by atoms with Crippen molar-refractivity contribution in [2.45, 2.75) is 6.92 Å². The van der Waals surface area contributed by atoms with Gasteiger partial charge < -0.3 is 9.80 Å². The summed E-state index contributed by atoms with van der Waals surface area (Å²) in [5.41, 5.74) is 1.42. The molecule has 0 spiro atoms. The van der Waals surface area contributed by atoms with E-state index in [1.165, 1.54) is 11.8 Å². The van der Waals surface area contributed by atoms with E-state index in [0.717, 1.165) is 0 Å². The Morgan fingerprint density at radius 2 is 1.72 bits per heavy atom. The van der Waals surface area contributed by atoms with Gasteiger partial charge in [-0.3, -0.25) is 14.4 Å². The minimum absolute atomic E-state index is 0.0302. The molecule has 128 valence electrons. The summed E-state index contributed by atoms with van der Waals surface area (Å²) in [4.78, 5) is 40.1. The second-order valence-electron chi connectivity index (χ2n) is 5.85. The van der Waals surface area contributed by atoms with Crippen LogP contribution in [0.4, 0.5) is 5.69 Å². The predicted octanol–water partition coefficient (Wildman–Crippen LogP) is 3.03. The number of anilines is 1. The molecule has 0 unspecified atom stereocenters. The molecule has 3 rings (SSSR count). The second kappa shape index (κ2) is 7.07. The first kappa shape index (κ1) is 17.2. The van der Waals surface area contributed by atoms with Crippen molar-refractivity contribution in [3.63, 3.8) is 0 Å². The predicted molar refractivity (Wildman–Crippen MR) is 96.2 cm³/mol. The summed E-state index contributed by atoms with van der Waals surface area (Å²) < 4.78 is 0. The first-order valence-electron chi connectivity index (χ1n) is 7.92. The van der Waals surface area contributed by atoms with Crippen LogP contribution in [-0.4, -0.2) is 42.1 Å². The first-order chi connectivity index (χ1) is 12.0. The maximum absolute atomic E-state index is 12.7. The molecule has 25 heavy (non-hydrogen) atoms. The smallest absolute Gasteiger partial charge is 0.255 e. The van der Waals surface area contributed by atoms with Crippen molar-refractivity contribution in [3.8, 4) is 0 Å². The molecular formula is C19H17ClN2O3. The van der Waals surface area contributed by atoms with Gasteiger partial charge in [0.2, 0.25) is 5.91 Å². The summed E-state index contributed by atoms with van der Waals surface area (Å²) in [5, 5.41) is 0.555. The molecule has 0 saturated carbocycles. The van der Waals surface area contributed by atoms with Gasteiger partial charge in [0.15, 0.2) is 5.78 Å². The van der Waals surface area contributed by atoms with Gasteiger partial charge in [-0.05, 0) is 31.2 Å². The van der Waals surface area contributed by atoms with Crippen molar-refractivity contribution in [1.29, 1.82) is 0 Å². The lowest BCUT2D eigenvalue weighted by Gasteiger charge is -2.34. The summed E-state index contributed by atoms with van der Waals surface area (Å²) in [6.07, 6.45) is 0. The summed E-state index contributed by atoms with van der Waals surface area (Å²) in [7, 11) is 0. The molecule has 1 aliphatic rings. The van der Waals surface area contributed by atoms with E-state index >= 15 is 0 Å². The molecule has 2 aromatic carbocycles. The molecule has 1 heterocycles. The molecule has 0 radical (unpaired) electrons. The molecule has 2 amide bonds. The SMILES string of the molecule is CC(=O)c1ccccc1C(=O)N1CCN(c2cccc(Cl)c2)C(=O)C1. The van der Waals surface area contributed by atoms with Gasteiger partial charge in [-0.2, -0.15) is 0 Å². The number of carbonyl (C=O) groups excluding carboxylic acids is 3. The van der Waals surface area contributed by atoms with Crippen LogP contribution in [0.2, 0.25) is 5.02 Å². The van der Waals surface area contributed by atoms with Crippen molar-refractivity contribution in [3.05, 3.63) is 64.7 Å². The molecule has 5 nitrogen and oxygen atoms in total. The quantitative estimate of drug-likeness (QED) is 0.794. The highest BCUT2D eigenvalue weighted by atomic mass is 35.5. The number of benzene rings is 2. The fourth-order valence-corrected chi connectivity index (χ4v) is 3.10. The third-order valence-corrected chi connectivity index (χ3v) is 4.40.